The highest BCUT2D eigenvalue weighted by Crippen LogP contribution is 2.22. The third-order valence-electron chi connectivity index (χ3n) is 3.77. The quantitative estimate of drug-likeness (QED) is 0.576. The minimum atomic E-state index is -0.303. The largest absolute Gasteiger partial charge is 0.467 e. The number of hydrogen-bond acceptors (Lipinski definition) is 6. The number of fused-ring (bicyclic) bond motifs is 1. The number of anilines is 2. The van der Waals surface area contributed by atoms with Gasteiger partial charge in [-0.2, -0.15) is 0 Å². The minimum absolute atomic E-state index is 0.266. The fourth-order valence-corrected chi connectivity index (χ4v) is 2.54. The van der Waals surface area contributed by atoms with Crippen LogP contribution < -0.4 is 10.6 Å². The SMILES string of the molecule is O=C(NCc1ccco1)c1ccnc(Nc2cccc3cccnc23)n1. The lowest BCUT2D eigenvalue weighted by Gasteiger charge is -2.08. The molecule has 1 aromatic carbocycles. The molecule has 3 heterocycles. The van der Waals surface area contributed by atoms with Crippen LogP contribution in [0.15, 0.2) is 71.6 Å². The number of carbonyl (C=O) groups excluding carboxylic acids is 1. The summed E-state index contributed by atoms with van der Waals surface area (Å²) < 4.78 is 5.20. The summed E-state index contributed by atoms with van der Waals surface area (Å²) in [5.74, 6) is 0.698. The smallest absolute Gasteiger partial charge is 0.270 e. The summed E-state index contributed by atoms with van der Waals surface area (Å²) >= 11 is 0. The number of aromatic nitrogens is 3. The number of furan rings is 1. The Morgan fingerprint density at radius 1 is 1.00 bits per heavy atom. The van der Waals surface area contributed by atoms with Crippen molar-refractivity contribution in [3.63, 3.8) is 0 Å². The summed E-state index contributed by atoms with van der Waals surface area (Å²) in [6.45, 7) is 0.297. The lowest BCUT2D eigenvalue weighted by Crippen LogP contribution is -2.24. The first-order chi connectivity index (χ1) is 12.8. The Morgan fingerprint density at radius 2 is 1.92 bits per heavy atom. The van der Waals surface area contributed by atoms with E-state index in [9.17, 15) is 4.79 Å². The Labute approximate surface area is 149 Å². The van der Waals surface area contributed by atoms with Crippen molar-refractivity contribution in [2.24, 2.45) is 0 Å². The molecule has 0 saturated carbocycles. The van der Waals surface area contributed by atoms with Crippen molar-refractivity contribution in [1.29, 1.82) is 0 Å². The zero-order valence-electron chi connectivity index (χ0n) is 13.7. The third kappa shape index (κ3) is 3.36. The Balaban J connectivity index is 1.53. The van der Waals surface area contributed by atoms with E-state index in [0.717, 1.165) is 16.6 Å². The highest BCUT2D eigenvalue weighted by molar-refractivity contribution is 5.93. The lowest BCUT2D eigenvalue weighted by molar-refractivity contribution is 0.0943. The summed E-state index contributed by atoms with van der Waals surface area (Å²) in [6.07, 6.45) is 4.83. The third-order valence-corrected chi connectivity index (χ3v) is 3.77. The van der Waals surface area contributed by atoms with Crippen LogP contribution in [0.4, 0.5) is 11.6 Å². The standard InChI is InChI=1S/C19H15N5O2/c25-18(22-12-14-6-3-11-26-14)16-8-10-21-19(24-16)23-15-7-1-4-13-5-2-9-20-17(13)15/h1-11H,12H2,(H,22,25)(H,21,23,24). The minimum Gasteiger partial charge on any atom is -0.467 e. The van der Waals surface area contributed by atoms with Crippen molar-refractivity contribution < 1.29 is 9.21 Å². The molecule has 0 unspecified atom stereocenters. The first kappa shape index (κ1) is 15.8. The molecule has 0 radical (unpaired) electrons. The van der Waals surface area contributed by atoms with Crippen LogP contribution in [0.2, 0.25) is 0 Å². The molecule has 1 amide bonds. The molecule has 128 valence electrons. The molecule has 0 saturated heterocycles. The van der Waals surface area contributed by atoms with Crippen LogP contribution in [0.5, 0.6) is 0 Å². The van der Waals surface area contributed by atoms with Gasteiger partial charge >= 0.3 is 0 Å². The maximum atomic E-state index is 12.3. The number of nitrogens with zero attached hydrogens (tertiary/aromatic N) is 3. The van der Waals surface area contributed by atoms with Gasteiger partial charge in [0.2, 0.25) is 5.95 Å². The van der Waals surface area contributed by atoms with Crippen molar-refractivity contribution >= 4 is 28.4 Å². The van der Waals surface area contributed by atoms with E-state index in [0.29, 0.717) is 18.3 Å². The Kier molecular flexibility index (Phi) is 4.26. The van der Waals surface area contributed by atoms with Gasteiger partial charge in [0.25, 0.3) is 5.91 Å². The van der Waals surface area contributed by atoms with Gasteiger partial charge in [0.05, 0.1) is 24.0 Å². The van der Waals surface area contributed by atoms with Gasteiger partial charge in [0.1, 0.15) is 11.5 Å². The van der Waals surface area contributed by atoms with Crippen LogP contribution in [-0.4, -0.2) is 20.9 Å². The predicted molar refractivity (Wildman–Crippen MR) is 96.9 cm³/mol. The summed E-state index contributed by atoms with van der Waals surface area (Å²) in [7, 11) is 0. The van der Waals surface area contributed by atoms with E-state index in [2.05, 4.69) is 25.6 Å². The molecule has 0 aliphatic carbocycles. The maximum absolute atomic E-state index is 12.3. The monoisotopic (exact) mass is 345 g/mol. The van der Waals surface area contributed by atoms with E-state index >= 15 is 0 Å². The number of pyridine rings is 1. The molecular formula is C19H15N5O2. The van der Waals surface area contributed by atoms with E-state index < -0.39 is 0 Å². The van der Waals surface area contributed by atoms with Crippen molar-refractivity contribution in [3.05, 3.63) is 78.6 Å². The number of hydrogen-bond donors (Lipinski definition) is 2. The first-order valence-corrected chi connectivity index (χ1v) is 8.04. The van der Waals surface area contributed by atoms with E-state index in [1.165, 1.54) is 6.20 Å². The molecule has 26 heavy (non-hydrogen) atoms. The van der Waals surface area contributed by atoms with Gasteiger partial charge in [0, 0.05) is 17.8 Å². The van der Waals surface area contributed by atoms with Gasteiger partial charge in [0.15, 0.2) is 0 Å². The molecule has 0 aliphatic rings. The second-order valence-electron chi connectivity index (χ2n) is 5.53. The lowest BCUT2D eigenvalue weighted by atomic mass is 10.2. The topological polar surface area (TPSA) is 92.9 Å². The van der Waals surface area contributed by atoms with Crippen LogP contribution in [0.3, 0.4) is 0 Å². The predicted octanol–water partition coefficient (Wildman–Crippen LogP) is 3.29. The van der Waals surface area contributed by atoms with Crippen LogP contribution in [0, 0.1) is 0 Å². The van der Waals surface area contributed by atoms with Crippen LogP contribution in [-0.2, 0) is 6.54 Å². The fraction of sp³-hybridized carbons (Fsp3) is 0.0526. The van der Waals surface area contributed by atoms with Crippen LogP contribution in [0.1, 0.15) is 16.2 Å². The number of nitrogens with one attached hydrogen (secondary N) is 2. The van der Waals surface area contributed by atoms with Crippen LogP contribution in [0.25, 0.3) is 10.9 Å². The average molecular weight is 345 g/mol. The zero-order valence-corrected chi connectivity index (χ0v) is 13.7. The summed E-state index contributed by atoms with van der Waals surface area (Å²) in [4.78, 5) is 25.1. The second kappa shape index (κ2) is 7.02. The number of benzene rings is 1. The van der Waals surface area contributed by atoms with E-state index in [1.54, 1.807) is 30.7 Å². The molecule has 4 rings (SSSR count). The van der Waals surface area contributed by atoms with E-state index in [4.69, 9.17) is 4.42 Å². The van der Waals surface area contributed by atoms with E-state index in [-0.39, 0.29) is 11.6 Å². The molecule has 0 bridgehead atoms. The van der Waals surface area contributed by atoms with Gasteiger partial charge in [-0.25, -0.2) is 9.97 Å². The Bertz CT molecular complexity index is 1040. The first-order valence-electron chi connectivity index (χ1n) is 8.04. The summed E-state index contributed by atoms with van der Waals surface area (Å²) in [5, 5.41) is 6.89. The molecular weight excluding hydrogens is 330 g/mol. The average Bonchev–Trinajstić information content (AvgIpc) is 3.20. The van der Waals surface area contributed by atoms with Crippen LogP contribution >= 0.6 is 0 Å². The molecule has 0 fully saturated rings. The highest BCUT2D eigenvalue weighted by atomic mass is 16.3. The molecule has 7 heteroatoms. The number of amides is 1. The van der Waals surface area contributed by atoms with Crippen molar-refractivity contribution in [2.45, 2.75) is 6.54 Å². The zero-order chi connectivity index (χ0) is 17.8. The highest BCUT2D eigenvalue weighted by Gasteiger charge is 2.10. The number of rotatable bonds is 5. The molecule has 3 aromatic heterocycles. The van der Waals surface area contributed by atoms with Gasteiger partial charge in [-0.1, -0.05) is 18.2 Å². The van der Waals surface area contributed by atoms with Gasteiger partial charge in [-0.3, -0.25) is 9.78 Å². The van der Waals surface area contributed by atoms with Crippen molar-refractivity contribution in [3.8, 4) is 0 Å². The fourth-order valence-electron chi connectivity index (χ4n) is 2.54. The molecule has 0 atom stereocenters. The van der Waals surface area contributed by atoms with Gasteiger partial charge in [-0.05, 0) is 30.3 Å². The number of para-hydroxylation sites is 1. The molecule has 4 aromatic rings. The molecule has 0 aliphatic heterocycles. The Morgan fingerprint density at radius 3 is 2.81 bits per heavy atom. The molecule has 0 spiro atoms. The summed E-state index contributed by atoms with van der Waals surface area (Å²) in [6, 6.07) is 14.8. The maximum Gasteiger partial charge on any atom is 0.270 e. The van der Waals surface area contributed by atoms with Gasteiger partial charge in [-0.15, -0.1) is 0 Å². The van der Waals surface area contributed by atoms with Gasteiger partial charge < -0.3 is 15.1 Å². The van der Waals surface area contributed by atoms with E-state index in [1.807, 2.05) is 30.3 Å². The molecule has 7 nitrogen and oxygen atoms in total. The molecule has 2 N–H and O–H groups in total. The number of carbonyl (C=O) groups is 1. The Hall–Kier alpha value is -3.74. The second-order valence-corrected chi connectivity index (χ2v) is 5.53. The normalized spacial score (nSPS) is 10.6. The van der Waals surface area contributed by atoms with Crippen molar-refractivity contribution in [1.82, 2.24) is 20.3 Å². The van der Waals surface area contributed by atoms with Crippen molar-refractivity contribution in [2.75, 3.05) is 5.32 Å². The summed E-state index contributed by atoms with van der Waals surface area (Å²) in [5.41, 5.74) is 1.85.